The van der Waals surface area contributed by atoms with Crippen LogP contribution in [0.5, 0.6) is 5.75 Å². The van der Waals surface area contributed by atoms with Crippen LogP contribution in [0, 0.1) is 0 Å². The van der Waals surface area contributed by atoms with E-state index in [1.807, 2.05) is 0 Å². The number of benzene rings is 2. The number of ether oxygens (including phenoxy) is 1. The second kappa shape index (κ2) is 11.6. The van der Waals surface area contributed by atoms with E-state index in [1.54, 1.807) is 19.1 Å². The van der Waals surface area contributed by atoms with Gasteiger partial charge in [0.15, 0.2) is 0 Å². The third kappa shape index (κ3) is 7.19. The Morgan fingerprint density at radius 3 is 2.51 bits per heavy atom. The van der Waals surface area contributed by atoms with E-state index in [2.05, 4.69) is 25.9 Å². The molecule has 37 heavy (non-hydrogen) atoms. The summed E-state index contributed by atoms with van der Waals surface area (Å²) in [5.41, 5.74) is -0.157. The lowest BCUT2D eigenvalue weighted by molar-refractivity contribution is -0.137. The number of anilines is 4. The van der Waals surface area contributed by atoms with Gasteiger partial charge in [-0.2, -0.15) is 18.2 Å². The minimum absolute atomic E-state index is 0.0692. The number of methoxy groups -OCH3 is 1. The van der Waals surface area contributed by atoms with E-state index >= 15 is 0 Å². The van der Waals surface area contributed by atoms with Crippen LogP contribution in [0.4, 0.5) is 36.3 Å². The van der Waals surface area contributed by atoms with E-state index in [1.165, 1.54) is 44.5 Å². The van der Waals surface area contributed by atoms with Crippen LogP contribution in [-0.2, 0) is 21.4 Å². The van der Waals surface area contributed by atoms with Gasteiger partial charge in [0.2, 0.25) is 5.95 Å². The van der Waals surface area contributed by atoms with Gasteiger partial charge in [0.05, 0.1) is 36.8 Å². The first-order valence-electron chi connectivity index (χ1n) is 10.9. The van der Waals surface area contributed by atoms with E-state index in [0.717, 1.165) is 0 Å². The van der Waals surface area contributed by atoms with Crippen molar-refractivity contribution in [3.05, 3.63) is 65.4 Å². The Balaban J connectivity index is 1.95. The van der Waals surface area contributed by atoms with Gasteiger partial charge < -0.3 is 30.1 Å². The summed E-state index contributed by atoms with van der Waals surface area (Å²) in [5, 5.41) is 7.82. The van der Waals surface area contributed by atoms with Crippen LogP contribution in [-0.4, -0.2) is 41.5 Å². The Kier molecular flexibility index (Phi) is 8.74. The van der Waals surface area contributed by atoms with E-state index in [9.17, 15) is 27.4 Å². The van der Waals surface area contributed by atoms with Gasteiger partial charge >= 0.3 is 13.8 Å². The molecule has 0 aliphatic rings. The maximum Gasteiger partial charge on any atom is 0.421 e. The number of carbonyl (C=O) groups excluding carboxylic acids is 1. The lowest BCUT2D eigenvalue weighted by Gasteiger charge is -2.17. The summed E-state index contributed by atoms with van der Waals surface area (Å²) in [4.78, 5) is 29.8. The predicted octanol–water partition coefficient (Wildman–Crippen LogP) is 5.07. The molecule has 1 heterocycles. The zero-order valence-electron chi connectivity index (χ0n) is 20.1. The molecule has 0 saturated heterocycles. The van der Waals surface area contributed by atoms with E-state index in [-0.39, 0.29) is 35.7 Å². The molecule has 2 aromatic carbocycles. The fraction of sp³-hybridized carbons (Fsp3) is 0.261. The Morgan fingerprint density at radius 2 is 1.86 bits per heavy atom. The highest BCUT2D eigenvalue weighted by Gasteiger charge is 2.35. The third-order valence-corrected chi connectivity index (χ3v) is 6.40. The molecule has 0 spiro atoms. The lowest BCUT2D eigenvalue weighted by atomic mass is 10.1. The topological polar surface area (TPSA) is 135 Å². The van der Waals surface area contributed by atoms with Gasteiger partial charge in [-0.25, -0.2) is 4.98 Å². The van der Waals surface area contributed by atoms with Crippen molar-refractivity contribution in [1.82, 2.24) is 15.3 Å². The van der Waals surface area contributed by atoms with E-state index in [4.69, 9.17) is 9.26 Å². The van der Waals surface area contributed by atoms with Crippen molar-refractivity contribution >= 4 is 36.6 Å². The first kappa shape index (κ1) is 27.9. The molecular formula is C23H25F3N5O5P. The smallest absolute Gasteiger partial charge is 0.421 e. The van der Waals surface area contributed by atoms with Crippen molar-refractivity contribution in [1.29, 1.82) is 0 Å². The Labute approximate surface area is 210 Å². The van der Waals surface area contributed by atoms with Crippen LogP contribution in [0.25, 0.3) is 0 Å². The minimum atomic E-state index is -4.78. The molecule has 0 aliphatic heterocycles. The summed E-state index contributed by atoms with van der Waals surface area (Å²) in [7, 11) is -1.08. The van der Waals surface area contributed by atoms with Crippen LogP contribution >= 0.6 is 7.60 Å². The molecule has 0 fully saturated rings. The SMILES string of the molecule is CCOP(=O)(O)Cc1ccc(Nc2ncc(C(F)(F)F)c(Nc3ccccc3C(=O)NC)n2)c(OC)c1. The van der Waals surface area contributed by atoms with Crippen molar-refractivity contribution in [3.8, 4) is 5.75 Å². The van der Waals surface area contributed by atoms with Crippen LogP contribution in [0.15, 0.2) is 48.7 Å². The number of aromatic nitrogens is 2. The molecule has 198 valence electrons. The summed E-state index contributed by atoms with van der Waals surface area (Å²) in [6, 6.07) is 10.6. The average Bonchev–Trinajstić information content (AvgIpc) is 2.84. The van der Waals surface area contributed by atoms with Gasteiger partial charge in [0.1, 0.15) is 17.1 Å². The Morgan fingerprint density at radius 1 is 1.14 bits per heavy atom. The number of hydrogen-bond acceptors (Lipinski definition) is 8. The molecule has 0 aliphatic carbocycles. The number of hydrogen-bond donors (Lipinski definition) is 4. The number of carbonyl (C=O) groups is 1. The fourth-order valence-corrected chi connectivity index (χ4v) is 4.49. The molecule has 3 aromatic rings. The molecule has 10 nitrogen and oxygen atoms in total. The number of halogens is 3. The molecule has 14 heteroatoms. The Hall–Kier alpha value is -3.67. The number of nitrogens with one attached hydrogen (secondary N) is 3. The number of alkyl halides is 3. The van der Waals surface area contributed by atoms with E-state index in [0.29, 0.717) is 17.4 Å². The number of nitrogens with zero attached hydrogens (tertiary/aromatic N) is 2. The molecule has 4 N–H and O–H groups in total. The van der Waals surface area contributed by atoms with Crippen molar-refractivity contribution in [2.75, 3.05) is 31.4 Å². The normalized spacial score (nSPS) is 12.9. The number of para-hydroxylation sites is 1. The summed E-state index contributed by atoms with van der Waals surface area (Å²) >= 11 is 0. The quantitative estimate of drug-likeness (QED) is 0.260. The van der Waals surface area contributed by atoms with E-state index < -0.39 is 31.1 Å². The molecule has 1 atom stereocenters. The average molecular weight is 539 g/mol. The first-order chi connectivity index (χ1) is 17.5. The van der Waals surface area contributed by atoms with Crippen molar-refractivity contribution < 1.29 is 36.7 Å². The Bertz CT molecular complexity index is 1320. The van der Waals surface area contributed by atoms with Gasteiger partial charge in [0.25, 0.3) is 5.91 Å². The maximum absolute atomic E-state index is 13.7. The number of amides is 1. The molecule has 0 saturated carbocycles. The zero-order chi connectivity index (χ0) is 27.2. The fourth-order valence-electron chi connectivity index (χ4n) is 3.33. The van der Waals surface area contributed by atoms with Gasteiger partial charge in [-0.15, -0.1) is 0 Å². The van der Waals surface area contributed by atoms with Crippen molar-refractivity contribution in [2.45, 2.75) is 19.3 Å². The van der Waals surface area contributed by atoms with Crippen molar-refractivity contribution in [2.24, 2.45) is 0 Å². The molecule has 0 bridgehead atoms. The molecular weight excluding hydrogens is 514 g/mol. The molecule has 1 aromatic heterocycles. The molecule has 1 unspecified atom stereocenters. The second-order valence-electron chi connectivity index (χ2n) is 7.58. The first-order valence-corrected chi connectivity index (χ1v) is 12.7. The highest BCUT2D eigenvalue weighted by molar-refractivity contribution is 7.51. The standard InChI is InChI=1S/C23H25F3N5O5P/c1-4-36-37(33,34)13-14-9-10-18(19(11-14)35-3)30-22-28-12-16(23(24,25)26)20(31-22)29-17-8-6-5-7-15(17)21(32)27-2/h5-12H,4,13H2,1-3H3,(H,27,32)(H,33,34)(H2,28,29,30,31). The molecule has 1 amide bonds. The van der Waals surface area contributed by atoms with Crippen LogP contribution in [0.1, 0.15) is 28.4 Å². The van der Waals surface area contributed by atoms with Crippen LogP contribution in [0.2, 0.25) is 0 Å². The third-order valence-electron chi connectivity index (χ3n) is 4.97. The van der Waals surface area contributed by atoms with Crippen LogP contribution < -0.4 is 20.7 Å². The predicted molar refractivity (Wildman–Crippen MR) is 132 cm³/mol. The van der Waals surface area contributed by atoms with Gasteiger partial charge in [0, 0.05) is 13.2 Å². The lowest BCUT2D eigenvalue weighted by Crippen LogP contribution is -2.20. The van der Waals surface area contributed by atoms with Gasteiger partial charge in [-0.1, -0.05) is 18.2 Å². The second-order valence-corrected chi connectivity index (χ2v) is 9.43. The summed E-state index contributed by atoms with van der Waals surface area (Å²) in [6.45, 7) is 1.67. The number of rotatable bonds is 10. The largest absolute Gasteiger partial charge is 0.495 e. The summed E-state index contributed by atoms with van der Waals surface area (Å²) in [6.07, 6.45) is -4.42. The maximum atomic E-state index is 13.7. The van der Waals surface area contributed by atoms with Crippen LogP contribution in [0.3, 0.4) is 0 Å². The monoisotopic (exact) mass is 539 g/mol. The highest BCUT2D eigenvalue weighted by Crippen LogP contribution is 2.46. The molecule has 0 radical (unpaired) electrons. The molecule has 3 rings (SSSR count). The summed E-state index contributed by atoms with van der Waals surface area (Å²) < 4.78 is 63.4. The van der Waals surface area contributed by atoms with Gasteiger partial charge in [-0.05, 0) is 36.8 Å². The van der Waals surface area contributed by atoms with Crippen molar-refractivity contribution in [3.63, 3.8) is 0 Å². The minimum Gasteiger partial charge on any atom is -0.495 e. The van der Waals surface area contributed by atoms with Gasteiger partial charge in [-0.3, -0.25) is 9.36 Å². The summed E-state index contributed by atoms with van der Waals surface area (Å²) in [5.74, 6) is -1.03. The highest BCUT2D eigenvalue weighted by atomic mass is 31.2. The zero-order valence-corrected chi connectivity index (χ0v) is 21.0.